The number of ether oxygens (including phenoxy) is 1. The normalized spacial score (nSPS) is 22.1. The van der Waals surface area contributed by atoms with Gasteiger partial charge in [-0.15, -0.1) is 12.3 Å². The van der Waals surface area contributed by atoms with E-state index in [0.29, 0.717) is 19.4 Å². The lowest BCUT2D eigenvalue weighted by molar-refractivity contribution is -0.125. The molecule has 1 aliphatic rings. The van der Waals surface area contributed by atoms with E-state index in [1.165, 1.54) is 0 Å². The Hall–Kier alpha value is -1.05. The lowest BCUT2D eigenvalue weighted by Crippen LogP contribution is -2.43. The summed E-state index contributed by atoms with van der Waals surface area (Å²) < 4.78 is 5.46. The van der Waals surface area contributed by atoms with Gasteiger partial charge in [0.15, 0.2) is 0 Å². The first-order valence-electron chi connectivity index (χ1n) is 5.81. The minimum Gasteiger partial charge on any atom is -0.375 e. The van der Waals surface area contributed by atoms with Crippen LogP contribution in [-0.4, -0.2) is 37.7 Å². The summed E-state index contributed by atoms with van der Waals surface area (Å²) in [6.45, 7) is 4.31. The van der Waals surface area contributed by atoms with Crippen molar-refractivity contribution in [3.05, 3.63) is 0 Å². The van der Waals surface area contributed by atoms with Crippen molar-refractivity contribution in [3.63, 3.8) is 0 Å². The van der Waals surface area contributed by atoms with Gasteiger partial charge in [-0.25, -0.2) is 0 Å². The summed E-state index contributed by atoms with van der Waals surface area (Å²) in [5.74, 6) is 2.59. The topological polar surface area (TPSA) is 50.4 Å². The average molecular weight is 224 g/mol. The molecule has 1 amide bonds. The highest BCUT2D eigenvalue weighted by Crippen LogP contribution is 2.03. The number of terminal acetylenes is 1. The van der Waals surface area contributed by atoms with E-state index in [0.717, 1.165) is 19.5 Å². The molecule has 0 aromatic rings. The van der Waals surface area contributed by atoms with Crippen molar-refractivity contribution >= 4 is 5.91 Å². The highest BCUT2D eigenvalue weighted by molar-refractivity contribution is 5.76. The van der Waals surface area contributed by atoms with Gasteiger partial charge in [0.05, 0.1) is 19.1 Å². The molecule has 0 aromatic carbocycles. The highest BCUT2D eigenvalue weighted by atomic mass is 16.5. The molecule has 1 heterocycles. The smallest absolute Gasteiger partial charge is 0.222 e. The van der Waals surface area contributed by atoms with E-state index in [4.69, 9.17) is 11.2 Å². The molecule has 0 radical (unpaired) electrons. The van der Waals surface area contributed by atoms with Crippen LogP contribution in [0.3, 0.4) is 0 Å². The zero-order valence-electron chi connectivity index (χ0n) is 9.79. The zero-order chi connectivity index (χ0) is 11.8. The molecular weight excluding hydrogens is 204 g/mol. The molecule has 0 aliphatic carbocycles. The molecule has 0 bridgehead atoms. The summed E-state index contributed by atoms with van der Waals surface area (Å²) in [5.41, 5.74) is 0. The van der Waals surface area contributed by atoms with Gasteiger partial charge in [-0.3, -0.25) is 4.79 Å². The predicted octanol–water partition coefficient (Wildman–Crippen LogP) is 0.283. The van der Waals surface area contributed by atoms with Crippen molar-refractivity contribution in [3.8, 4) is 12.3 Å². The number of carbonyl (C=O) groups excluding carboxylic acids is 1. The predicted molar refractivity (Wildman–Crippen MR) is 62.9 cm³/mol. The third-order valence-electron chi connectivity index (χ3n) is 2.64. The fraction of sp³-hybridized carbons (Fsp3) is 0.750. The molecule has 1 aliphatic heterocycles. The lowest BCUT2D eigenvalue weighted by atomic mass is 10.1. The summed E-state index contributed by atoms with van der Waals surface area (Å²) in [4.78, 5) is 11.7. The van der Waals surface area contributed by atoms with Crippen LogP contribution >= 0.6 is 0 Å². The Morgan fingerprint density at radius 2 is 2.56 bits per heavy atom. The monoisotopic (exact) mass is 224 g/mol. The molecule has 90 valence electrons. The summed E-state index contributed by atoms with van der Waals surface area (Å²) in [7, 11) is 0. The third kappa shape index (κ3) is 4.65. The van der Waals surface area contributed by atoms with Gasteiger partial charge < -0.3 is 15.4 Å². The molecule has 1 rings (SSSR count). The molecule has 0 aromatic heterocycles. The van der Waals surface area contributed by atoms with Crippen LogP contribution < -0.4 is 10.6 Å². The van der Waals surface area contributed by atoms with Gasteiger partial charge in [-0.1, -0.05) is 6.92 Å². The quantitative estimate of drug-likeness (QED) is 0.660. The lowest BCUT2D eigenvalue weighted by Gasteiger charge is -2.24. The molecule has 4 heteroatoms. The third-order valence-corrected chi connectivity index (χ3v) is 2.64. The van der Waals surface area contributed by atoms with Crippen LogP contribution in [0.1, 0.15) is 26.2 Å². The van der Waals surface area contributed by atoms with Crippen LogP contribution in [0.15, 0.2) is 0 Å². The van der Waals surface area contributed by atoms with Crippen molar-refractivity contribution in [2.24, 2.45) is 0 Å². The van der Waals surface area contributed by atoms with Gasteiger partial charge >= 0.3 is 0 Å². The van der Waals surface area contributed by atoms with Crippen LogP contribution in [0, 0.1) is 12.3 Å². The van der Waals surface area contributed by atoms with E-state index in [1.54, 1.807) is 0 Å². The van der Waals surface area contributed by atoms with Crippen LogP contribution in [0.25, 0.3) is 0 Å². The second-order valence-electron chi connectivity index (χ2n) is 3.98. The van der Waals surface area contributed by atoms with Crippen molar-refractivity contribution in [1.82, 2.24) is 10.6 Å². The summed E-state index contributed by atoms with van der Waals surface area (Å²) in [5, 5.41) is 6.12. The highest BCUT2D eigenvalue weighted by Gasteiger charge is 2.18. The Kier molecular flexibility index (Phi) is 5.91. The SMILES string of the molecule is C#CCC(CC)NC(=O)CC1CNCCO1. The molecule has 2 N–H and O–H groups in total. The molecule has 0 saturated carbocycles. The van der Waals surface area contributed by atoms with Crippen LogP contribution in [0.5, 0.6) is 0 Å². The molecule has 1 fully saturated rings. The fourth-order valence-electron chi connectivity index (χ4n) is 1.68. The maximum atomic E-state index is 11.7. The maximum absolute atomic E-state index is 11.7. The first-order valence-corrected chi connectivity index (χ1v) is 5.81. The average Bonchev–Trinajstić information content (AvgIpc) is 2.29. The molecule has 4 nitrogen and oxygen atoms in total. The molecule has 1 saturated heterocycles. The Morgan fingerprint density at radius 1 is 1.75 bits per heavy atom. The Labute approximate surface area is 97.1 Å². The Bertz CT molecular complexity index is 254. The van der Waals surface area contributed by atoms with Crippen LogP contribution in [0.2, 0.25) is 0 Å². The van der Waals surface area contributed by atoms with Gasteiger partial charge in [0.1, 0.15) is 0 Å². The van der Waals surface area contributed by atoms with E-state index in [1.807, 2.05) is 6.92 Å². The van der Waals surface area contributed by atoms with Crippen LogP contribution in [-0.2, 0) is 9.53 Å². The number of rotatable bonds is 5. The van der Waals surface area contributed by atoms with Gasteiger partial charge in [0.2, 0.25) is 5.91 Å². The van der Waals surface area contributed by atoms with Gasteiger partial charge in [-0.05, 0) is 6.42 Å². The summed E-state index contributed by atoms with van der Waals surface area (Å²) in [6, 6.07) is 0.0917. The number of hydrogen-bond acceptors (Lipinski definition) is 3. The van der Waals surface area contributed by atoms with Crippen molar-refractivity contribution < 1.29 is 9.53 Å². The minimum atomic E-state index is -0.00269. The number of nitrogens with one attached hydrogen (secondary N) is 2. The number of amides is 1. The van der Waals surface area contributed by atoms with Crippen molar-refractivity contribution in [2.75, 3.05) is 19.7 Å². The zero-order valence-corrected chi connectivity index (χ0v) is 9.79. The van der Waals surface area contributed by atoms with Gasteiger partial charge in [0.25, 0.3) is 0 Å². The Morgan fingerprint density at radius 3 is 3.12 bits per heavy atom. The standard InChI is InChI=1S/C12H20N2O2/c1-3-5-10(4-2)14-12(15)8-11-9-13-6-7-16-11/h1,10-11,13H,4-9H2,2H3,(H,14,15). The van der Waals surface area contributed by atoms with E-state index >= 15 is 0 Å². The first-order chi connectivity index (χ1) is 7.76. The molecule has 2 atom stereocenters. The van der Waals surface area contributed by atoms with Crippen molar-refractivity contribution in [2.45, 2.75) is 38.3 Å². The Balaban J connectivity index is 2.25. The number of morpholine rings is 1. The van der Waals surface area contributed by atoms with E-state index in [2.05, 4.69) is 16.6 Å². The molecule has 16 heavy (non-hydrogen) atoms. The minimum absolute atomic E-state index is 0.00269. The number of hydrogen-bond donors (Lipinski definition) is 2. The summed E-state index contributed by atoms with van der Waals surface area (Å²) in [6.07, 6.45) is 7.09. The number of carbonyl (C=O) groups is 1. The van der Waals surface area contributed by atoms with Crippen LogP contribution in [0.4, 0.5) is 0 Å². The van der Waals surface area contributed by atoms with Gasteiger partial charge in [-0.2, -0.15) is 0 Å². The second-order valence-corrected chi connectivity index (χ2v) is 3.98. The molecule has 2 unspecified atom stereocenters. The maximum Gasteiger partial charge on any atom is 0.222 e. The summed E-state index contributed by atoms with van der Waals surface area (Å²) >= 11 is 0. The fourth-order valence-corrected chi connectivity index (χ4v) is 1.68. The second kappa shape index (κ2) is 7.26. The van der Waals surface area contributed by atoms with Gasteiger partial charge in [0, 0.05) is 25.6 Å². The molecular formula is C12H20N2O2. The first kappa shape index (κ1) is 13.0. The van der Waals surface area contributed by atoms with E-state index in [-0.39, 0.29) is 18.1 Å². The largest absolute Gasteiger partial charge is 0.375 e. The van der Waals surface area contributed by atoms with Crippen molar-refractivity contribution in [1.29, 1.82) is 0 Å². The molecule has 0 spiro atoms. The van der Waals surface area contributed by atoms with E-state index < -0.39 is 0 Å². The van der Waals surface area contributed by atoms with E-state index in [9.17, 15) is 4.79 Å².